The lowest BCUT2D eigenvalue weighted by atomic mass is 10.1. The number of piperidine rings is 1. The molecule has 0 aliphatic carbocycles. The normalized spacial score (nSPS) is 18.1. The van der Waals surface area contributed by atoms with Gasteiger partial charge in [-0.3, -0.25) is 19.7 Å². The summed E-state index contributed by atoms with van der Waals surface area (Å²) in [5.74, 6) is -0.561. The minimum Gasteiger partial charge on any atom is -0.351 e. The van der Waals surface area contributed by atoms with Gasteiger partial charge in [0.1, 0.15) is 5.25 Å². The van der Waals surface area contributed by atoms with Crippen molar-refractivity contribution in [3.63, 3.8) is 0 Å². The summed E-state index contributed by atoms with van der Waals surface area (Å²) < 4.78 is 0. The number of nitrogens with zero attached hydrogens (tertiary/aromatic N) is 3. The number of hydrogen-bond acceptors (Lipinski definition) is 6. The molecule has 0 saturated carbocycles. The molecular formula is C24H24N6O3S. The second-order valence-corrected chi connectivity index (χ2v) is 9.45. The van der Waals surface area contributed by atoms with Crippen molar-refractivity contribution in [3.05, 3.63) is 54.1 Å². The van der Waals surface area contributed by atoms with Crippen LogP contribution in [0.3, 0.4) is 0 Å². The van der Waals surface area contributed by atoms with Crippen LogP contribution < -0.4 is 10.6 Å². The van der Waals surface area contributed by atoms with Crippen LogP contribution >= 0.6 is 11.8 Å². The molecule has 0 unspecified atom stereocenters. The molecule has 5 rings (SSSR count). The van der Waals surface area contributed by atoms with Crippen molar-refractivity contribution >= 4 is 57.3 Å². The number of carbonyl (C=O) groups excluding carboxylic acids is 3. The third-order valence-electron chi connectivity index (χ3n) is 5.76. The van der Waals surface area contributed by atoms with Gasteiger partial charge in [-0.05, 0) is 49.6 Å². The predicted octanol–water partition coefficient (Wildman–Crippen LogP) is 3.63. The Morgan fingerprint density at radius 2 is 1.88 bits per heavy atom. The molecule has 34 heavy (non-hydrogen) atoms. The number of nitrogens with one attached hydrogen (secondary N) is 3. The van der Waals surface area contributed by atoms with Gasteiger partial charge in [-0.1, -0.05) is 30.0 Å². The van der Waals surface area contributed by atoms with E-state index < -0.39 is 5.25 Å². The molecule has 10 heteroatoms. The van der Waals surface area contributed by atoms with Crippen molar-refractivity contribution in [1.29, 1.82) is 0 Å². The largest absolute Gasteiger partial charge is 0.351 e. The molecule has 3 aromatic rings. The highest BCUT2D eigenvalue weighted by atomic mass is 32.2. The summed E-state index contributed by atoms with van der Waals surface area (Å²) in [6.07, 6.45) is 3.42. The molecule has 2 aliphatic heterocycles. The molecular weight excluding hydrogens is 452 g/mol. The lowest BCUT2D eigenvalue weighted by molar-refractivity contribution is -0.121. The van der Waals surface area contributed by atoms with Crippen LogP contribution in [-0.4, -0.2) is 56.1 Å². The standard InChI is InChI=1S/C24H24N6O3S/c31-20(14-19-22(33)29-24(34-19)30-11-4-1-5-12-30)25-16-8-6-7-15(13-16)21(32)28-23-26-17-9-2-3-10-18(17)27-23/h2-3,6-10,13,19H,1,4-5,11-12,14H2,(H,25,31)(H2,26,27,28,32)/t19-/m1/s1. The van der Waals surface area contributed by atoms with E-state index in [-0.39, 0.29) is 24.1 Å². The summed E-state index contributed by atoms with van der Waals surface area (Å²) in [6.45, 7) is 1.81. The van der Waals surface area contributed by atoms with E-state index in [0.717, 1.165) is 42.1 Å². The highest BCUT2D eigenvalue weighted by molar-refractivity contribution is 8.15. The van der Waals surface area contributed by atoms with Crippen molar-refractivity contribution in [1.82, 2.24) is 14.9 Å². The number of H-pyrrole nitrogens is 1. The van der Waals surface area contributed by atoms with Crippen molar-refractivity contribution in [2.24, 2.45) is 4.99 Å². The van der Waals surface area contributed by atoms with Gasteiger partial charge in [-0.2, -0.15) is 4.99 Å². The van der Waals surface area contributed by atoms with Gasteiger partial charge in [0.25, 0.3) is 11.8 Å². The number of rotatable bonds is 5. The topological polar surface area (TPSA) is 120 Å². The van der Waals surface area contributed by atoms with Gasteiger partial charge in [0.2, 0.25) is 11.9 Å². The summed E-state index contributed by atoms with van der Waals surface area (Å²) >= 11 is 1.37. The molecule has 3 heterocycles. The van der Waals surface area contributed by atoms with Gasteiger partial charge >= 0.3 is 0 Å². The number of anilines is 2. The fourth-order valence-corrected chi connectivity index (χ4v) is 5.16. The van der Waals surface area contributed by atoms with Crippen LogP contribution in [0.1, 0.15) is 36.0 Å². The van der Waals surface area contributed by atoms with E-state index in [4.69, 9.17) is 0 Å². The first kappa shape index (κ1) is 22.1. The van der Waals surface area contributed by atoms with Gasteiger partial charge in [0, 0.05) is 30.8 Å². The van der Waals surface area contributed by atoms with E-state index in [1.54, 1.807) is 24.3 Å². The predicted molar refractivity (Wildman–Crippen MR) is 133 cm³/mol. The lowest BCUT2D eigenvalue weighted by Gasteiger charge is -2.27. The summed E-state index contributed by atoms with van der Waals surface area (Å²) in [6, 6.07) is 14.1. The number of para-hydroxylation sites is 2. The SMILES string of the molecule is O=C(C[C@H]1SC(N2CCCCC2)=NC1=O)Nc1cccc(C(=O)Nc2nc3ccccc3[nH]2)c1. The first-order valence-electron chi connectivity index (χ1n) is 11.3. The van der Waals surface area contributed by atoms with E-state index in [9.17, 15) is 14.4 Å². The van der Waals surface area contributed by atoms with E-state index in [0.29, 0.717) is 17.2 Å². The van der Waals surface area contributed by atoms with Gasteiger partial charge in [0.15, 0.2) is 5.17 Å². The molecule has 9 nitrogen and oxygen atoms in total. The molecule has 2 aromatic carbocycles. The second-order valence-electron chi connectivity index (χ2n) is 8.28. The number of amidine groups is 1. The molecule has 3 amide bonds. The minimum absolute atomic E-state index is 0.0275. The number of aromatic nitrogens is 2. The smallest absolute Gasteiger partial charge is 0.262 e. The quantitative estimate of drug-likeness (QED) is 0.517. The molecule has 1 atom stereocenters. The van der Waals surface area contributed by atoms with E-state index in [1.165, 1.54) is 18.2 Å². The molecule has 1 aromatic heterocycles. The number of carbonyl (C=O) groups is 3. The van der Waals surface area contributed by atoms with E-state index in [2.05, 4.69) is 30.5 Å². The molecule has 0 bridgehead atoms. The molecule has 0 radical (unpaired) electrons. The zero-order valence-electron chi connectivity index (χ0n) is 18.4. The van der Waals surface area contributed by atoms with Gasteiger partial charge in [-0.25, -0.2) is 4.98 Å². The first-order valence-corrected chi connectivity index (χ1v) is 12.1. The van der Waals surface area contributed by atoms with Gasteiger partial charge in [-0.15, -0.1) is 0 Å². The summed E-state index contributed by atoms with van der Waals surface area (Å²) in [5, 5.41) is 5.75. The number of imidazole rings is 1. The summed E-state index contributed by atoms with van der Waals surface area (Å²) in [7, 11) is 0. The van der Waals surface area contributed by atoms with Crippen molar-refractivity contribution in [3.8, 4) is 0 Å². The Kier molecular flexibility index (Phi) is 6.31. The minimum atomic E-state index is -0.517. The number of aliphatic imine (C=N–C) groups is 1. The Hall–Kier alpha value is -3.66. The van der Waals surface area contributed by atoms with Crippen molar-refractivity contribution in [2.45, 2.75) is 30.9 Å². The maximum atomic E-state index is 12.7. The molecule has 1 saturated heterocycles. The zero-order chi connectivity index (χ0) is 23.5. The first-order chi connectivity index (χ1) is 16.5. The number of thioether (sulfide) groups is 1. The average Bonchev–Trinajstić information content (AvgIpc) is 3.42. The Morgan fingerprint density at radius 1 is 1.06 bits per heavy atom. The Balaban J connectivity index is 1.18. The van der Waals surface area contributed by atoms with Crippen molar-refractivity contribution < 1.29 is 14.4 Å². The Labute approximate surface area is 200 Å². The number of likely N-dealkylation sites (tertiary alicyclic amines) is 1. The number of aromatic amines is 1. The van der Waals surface area contributed by atoms with E-state index in [1.807, 2.05) is 24.3 Å². The third kappa shape index (κ3) is 4.96. The Morgan fingerprint density at radius 3 is 2.71 bits per heavy atom. The van der Waals surface area contributed by atoms with Crippen LogP contribution in [0.4, 0.5) is 11.6 Å². The molecule has 0 spiro atoms. The maximum absolute atomic E-state index is 12.7. The fourth-order valence-electron chi connectivity index (χ4n) is 4.04. The highest BCUT2D eigenvalue weighted by Crippen LogP contribution is 2.29. The Bertz CT molecular complexity index is 1250. The van der Waals surface area contributed by atoms with Crippen LogP contribution in [0.25, 0.3) is 11.0 Å². The molecule has 174 valence electrons. The fraction of sp³-hybridized carbons (Fsp3) is 0.292. The van der Waals surface area contributed by atoms with Crippen LogP contribution in [0.2, 0.25) is 0 Å². The lowest BCUT2D eigenvalue weighted by Crippen LogP contribution is -2.33. The monoisotopic (exact) mass is 476 g/mol. The van der Waals surface area contributed by atoms with E-state index >= 15 is 0 Å². The molecule has 3 N–H and O–H groups in total. The second kappa shape index (κ2) is 9.68. The zero-order valence-corrected chi connectivity index (χ0v) is 19.2. The number of fused-ring (bicyclic) bond motifs is 1. The van der Waals surface area contributed by atoms with Gasteiger partial charge < -0.3 is 15.2 Å². The number of hydrogen-bond donors (Lipinski definition) is 3. The summed E-state index contributed by atoms with van der Waals surface area (Å²) in [4.78, 5) is 51.3. The van der Waals surface area contributed by atoms with Crippen LogP contribution in [0, 0.1) is 0 Å². The number of amides is 3. The summed E-state index contributed by atoms with van der Waals surface area (Å²) in [5.41, 5.74) is 2.44. The molecule has 1 fully saturated rings. The number of benzene rings is 2. The average molecular weight is 477 g/mol. The third-order valence-corrected chi connectivity index (χ3v) is 6.97. The van der Waals surface area contributed by atoms with Crippen molar-refractivity contribution in [2.75, 3.05) is 23.7 Å². The maximum Gasteiger partial charge on any atom is 0.262 e. The molecule has 2 aliphatic rings. The van der Waals surface area contributed by atoms with Gasteiger partial charge in [0.05, 0.1) is 11.0 Å². The van der Waals surface area contributed by atoms with Crippen LogP contribution in [-0.2, 0) is 9.59 Å². The highest BCUT2D eigenvalue weighted by Gasteiger charge is 2.33. The van der Waals surface area contributed by atoms with Crippen LogP contribution in [0.15, 0.2) is 53.5 Å². The van der Waals surface area contributed by atoms with Crippen LogP contribution in [0.5, 0.6) is 0 Å².